The molecule has 9 heteroatoms. The summed E-state index contributed by atoms with van der Waals surface area (Å²) in [5.41, 5.74) is 1.54. The minimum Gasteiger partial charge on any atom is -0.480 e. The van der Waals surface area contributed by atoms with Gasteiger partial charge in [-0.25, -0.2) is 14.8 Å². The molecular formula is C20H21N5O4. The number of nitrogens with zero attached hydrogens (tertiary/aromatic N) is 5. The highest BCUT2D eigenvalue weighted by Crippen LogP contribution is 2.32. The third kappa shape index (κ3) is 3.52. The van der Waals surface area contributed by atoms with Crippen molar-refractivity contribution in [3.8, 4) is 0 Å². The van der Waals surface area contributed by atoms with Crippen LogP contribution in [0.2, 0.25) is 0 Å². The molecule has 0 bridgehead atoms. The Labute approximate surface area is 166 Å². The summed E-state index contributed by atoms with van der Waals surface area (Å²) in [6.45, 7) is 2.28. The summed E-state index contributed by atoms with van der Waals surface area (Å²) in [7, 11) is 1.83. The second-order valence-corrected chi connectivity index (χ2v) is 7.05. The molecule has 29 heavy (non-hydrogen) atoms. The van der Waals surface area contributed by atoms with E-state index in [4.69, 9.17) is 0 Å². The first kappa shape index (κ1) is 18.9. The van der Waals surface area contributed by atoms with Crippen LogP contribution in [0.1, 0.15) is 22.0 Å². The van der Waals surface area contributed by atoms with Crippen molar-refractivity contribution >= 4 is 28.8 Å². The fraction of sp³-hybridized carbons (Fsp3) is 0.300. The van der Waals surface area contributed by atoms with E-state index < -0.39 is 18.0 Å². The Kier molecular flexibility index (Phi) is 4.89. The predicted molar refractivity (Wildman–Crippen MR) is 106 cm³/mol. The maximum atomic E-state index is 12.2. The molecule has 0 spiro atoms. The minimum atomic E-state index is -1.04. The van der Waals surface area contributed by atoms with Gasteiger partial charge in [-0.05, 0) is 24.3 Å². The lowest BCUT2D eigenvalue weighted by Crippen LogP contribution is -2.49. The number of carbonyl (C=O) groups is 2. The van der Waals surface area contributed by atoms with Crippen LogP contribution in [0.4, 0.5) is 5.95 Å². The van der Waals surface area contributed by atoms with Crippen molar-refractivity contribution in [2.75, 3.05) is 31.1 Å². The smallest absolute Gasteiger partial charge is 0.335 e. The minimum absolute atomic E-state index is 0.139. The molecule has 0 radical (unpaired) electrons. The number of anilines is 1. The lowest BCUT2D eigenvalue weighted by atomic mass is 10.0. The largest absolute Gasteiger partial charge is 0.480 e. The van der Waals surface area contributed by atoms with Crippen LogP contribution in [-0.4, -0.2) is 67.8 Å². The third-order valence-electron chi connectivity index (χ3n) is 5.31. The summed E-state index contributed by atoms with van der Waals surface area (Å²) in [5, 5.41) is 20.0. The van der Waals surface area contributed by atoms with Crippen LogP contribution < -0.4 is 4.90 Å². The molecule has 1 aliphatic rings. The number of hydrogen-bond acceptors (Lipinski definition) is 6. The number of aryl methyl sites for hydroxylation is 1. The van der Waals surface area contributed by atoms with Gasteiger partial charge in [0.25, 0.3) is 0 Å². The molecule has 0 unspecified atom stereocenters. The van der Waals surface area contributed by atoms with Crippen LogP contribution in [0.5, 0.6) is 0 Å². The summed E-state index contributed by atoms with van der Waals surface area (Å²) >= 11 is 0. The zero-order valence-corrected chi connectivity index (χ0v) is 15.9. The lowest BCUT2D eigenvalue weighted by Gasteiger charge is -2.37. The van der Waals surface area contributed by atoms with Gasteiger partial charge in [0.1, 0.15) is 6.04 Å². The molecule has 0 aliphatic carbocycles. The van der Waals surface area contributed by atoms with Gasteiger partial charge >= 0.3 is 11.9 Å². The number of carboxylic acids is 2. The van der Waals surface area contributed by atoms with Crippen LogP contribution in [0.25, 0.3) is 10.9 Å². The van der Waals surface area contributed by atoms with Gasteiger partial charge in [-0.1, -0.05) is 0 Å². The molecule has 2 N–H and O–H groups in total. The second kappa shape index (κ2) is 7.51. The summed E-state index contributed by atoms with van der Waals surface area (Å²) in [4.78, 5) is 36.1. The normalized spacial score (nSPS) is 16.1. The van der Waals surface area contributed by atoms with E-state index in [2.05, 4.69) is 9.97 Å². The van der Waals surface area contributed by atoms with Gasteiger partial charge in [0.05, 0.1) is 5.56 Å². The Morgan fingerprint density at radius 2 is 1.76 bits per heavy atom. The number of aromatic carboxylic acids is 1. The first-order valence-corrected chi connectivity index (χ1v) is 9.27. The number of benzene rings is 1. The molecule has 150 valence electrons. The van der Waals surface area contributed by atoms with E-state index in [0.29, 0.717) is 43.1 Å². The molecule has 2 aromatic heterocycles. The van der Waals surface area contributed by atoms with E-state index in [1.54, 1.807) is 36.8 Å². The Bertz CT molecular complexity index is 1060. The van der Waals surface area contributed by atoms with Crippen LogP contribution in [0.15, 0.2) is 42.9 Å². The highest BCUT2D eigenvalue weighted by molar-refractivity contribution is 5.96. The fourth-order valence-corrected chi connectivity index (χ4v) is 3.89. The van der Waals surface area contributed by atoms with Gasteiger partial charge < -0.3 is 19.7 Å². The van der Waals surface area contributed by atoms with E-state index in [1.165, 1.54) is 6.07 Å². The number of rotatable bonds is 5. The first-order valence-electron chi connectivity index (χ1n) is 9.27. The monoisotopic (exact) mass is 395 g/mol. The van der Waals surface area contributed by atoms with Crippen molar-refractivity contribution in [1.82, 2.24) is 19.4 Å². The van der Waals surface area contributed by atoms with Gasteiger partial charge in [-0.15, -0.1) is 0 Å². The molecule has 9 nitrogen and oxygen atoms in total. The van der Waals surface area contributed by atoms with E-state index in [-0.39, 0.29) is 5.56 Å². The van der Waals surface area contributed by atoms with Crippen molar-refractivity contribution in [1.29, 1.82) is 0 Å². The molecule has 1 aliphatic heterocycles. The number of piperazine rings is 1. The average Bonchev–Trinajstić information content (AvgIpc) is 3.05. The number of aromatic nitrogens is 3. The molecular weight excluding hydrogens is 374 g/mol. The molecule has 0 amide bonds. The zero-order chi connectivity index (χ0) is 20.5. The summed E-state index contributed by atoms with van der Waals surface area (Å²) in [6.07, 6.45) is 5.15. The summed E-state index contributed by atoms with van der Waals surface area (Å²) in [6, 6.07) is 5.69. The highest BCUT2D eigenvalue weighted by Gasteiger charge is 2.33. The number of hydrogen-bond donors (Lipinski definition) is 2. The van der Waals surface area contributed by atoms with E-state index in [9.17, 15) is 19.8 Å². The molecule has 0 saturated carbocycles. The van der Waals surface area contributed by atoms with Crippen LogP contribution in [0, 0.1) is 0 Å². The highest BCUT2D eigenvalue weighted by atomic mass is 16.4. The Morgan fingerprint density at radius 1 is 1.07 bits per heavy atom. The second-order valence-electron chi connectivity index (χ2n) is 7.05. The summed E-state index contributed by atoms with van der Waals surface area (Å²) < 4.78 is 1.83. The van der Waals surface area contributed by atoms with Crippen molar-refractivity contribution in [2.24, 2.45) is 7.05 Å². The van der Waals surface area contributed by atoms with Gasteiger partial charge in [0.2, 0.25) is 5.95 Å². The van der Waals surface area contributed by atoms with Gasteiger partial charge in [-0.2, -0.15) is 0 Å². The SMILES string of the molecule is Cn1cc([C@H](C(=O)O)N2CCN(c3ncccn3)CC2)c2cc(C(=O)O)ccc21. The zero-order valence-electron chi connectivity index (χ0n) is 15.9. The number of carboxylic acid groups (broad SMARTS) is 2. The Hall–Kier alpha value is -3.46. The molecule has 3 aromatic rings. The molecule has 1 aromatic carbocycles. The van der Waals surface area contributed by atoms with Crippen molar-refractivity contribution in [2.45, 2.75) is 6.04 Å². The predicted octanol–water partition coefficient (Wildman–Crippen LogP) is 1.61. The van der Waals surface area contributed by atoms with E-state index >= 15 is 0 Å². The average molecular weight is 395 g/mol. The number of fused-ring (bicyclic) bond motifs is 1. The first-order chi connectivity index (χ1) is 14.0. The van der Waals surface area contributed by atoms with Crippen molar-refractivity contribution in [3.63, 3.8) is 0 Å². The van der Waals surface area contributed by atoms with Crippen LogP contribution in [-0.2, 0) is 11.8 Å². The van der Waals surface area contributed by atoms with Gasteiger partial charge in [-0.3, -0.25) is 9.69 Å². The maximum Gasteiger partial charge on any atom is 0.335 e. The molecule has 1 atom stereocenters. The number of aliphatic carboxylic acids is 1. The fourth-order valence-electron chi connectivity index (χ4n) is 3.89. The molecule has 4 rings (SSSR count). The Morgan fingerprint density at radius 3 is 2.38 bits per heavy atom. The van der Waals surface area contributed by atoms with E-state index in [0.717, 1.165) is 5.52 Å². The standard InChI is InChI=1S/C20H21N5O4/c1-23-12-15(14-11-13(18(26)27)3-4-16(14)23)17(19(28)29)24-7-9-25(10-8-24)20-21-5-2-6-22-20/h2-6,11-12,17H,7-10H2,1H3,(H,26,27)(H,28,29)/t17-/m1/s1. The van der Waals surface area contributed by atoms with Crippen LogP contribution in [0.3, 0.4) is 0 Å². The Balaban J connectivity index is 1.64. The van der Waals surface area contributed by atoms with Crippen molar-refractivity contribution in [3.05, 3.63) is 54.0 Å². The summed E-state index contributed by atoms with van der Waals surface area (Å²) in [5.74, 6) is -1.36. The van der Waals surface area contributed by atoms with Gasteiger partial charge in [0.15, 0.2) is 0 Å². The van der Waals surface area contributed by atoms with E-state index in [1.807, 2.05) is 21.4 Å². The molecule has 1 saturated heterocycles. The van der Waals surface area contributed by atoms with Crippen molar-refractivity contribution < 1.29 is 19.8 Å². The van der Waals surface area contributed by atoms with Crippen LogP contribution >= 0.6 is 0 Å². The quantitative estimate of drug-likeness (QED) is 0.670. The maximum absolute atomic E-state index is 12.2. The molecule has 3 heterocycles. The lowest BCUT2D eigenvalue weighted by molar-refractivity contribution is -0.143. The van der Waals surface area contributed by atoms with Gasteiger partial charge in [0, 0.05) is 68.3 Å². The topological polar surface area (TPSA) is 112 Å². The molecule has 1 fully saturated rings. The third-order valence-corrected chi connectivity index (χ3v) is 5.31.